The molecule has 4 aromatic rings. The molecule has 0 atom stereocenters. The minimum Gasteiger partial charge on any atom is -0.347 e. The molecule has 2 heterocycles. The molecule has 2 aromatic heterocycles. The first-order valence-electron chi connectivity index (χ1n) is 10.2. The number of benzene rings is 2. The molecule has 2 aromatic carbocycles. The maximum absolute atomic E-state index is 13.1. The summed E-state index contributed by atoms with van der Waals surface area (Å²) in [6.07, 6.45) is 0. The van der Waals surface area contributed by atoms with Gasteiger partial charge >= 0.3 is 0 Å². The fourth-order valence-electron chi connectivity index (χ4n) is 3.36. The maximum atomic E-state index is 13.1. The second-order valence-corrected chi connectivity index (χ2v) is 8.95. The molecule has 0 saturated carbocycles. The van der Waals surface area contributed by atoms with Crippen molar-refractivity contribution < 1.29 is 4.79 Å². The van der Waals surface area contributed by atoms with Gasteiger partial charge in [-0.05, 0) is 70.6 Å². The van der Waals surface area contributed by atoms with E-state index in [1.165, 1.54) is 11.1 Å². The van der Waals surface area contributed by atoms with Gasteiger partial charge in [0.05, 0.1) is 12.2 Å². The number of amides is 1. The van der Waals surface area contributed by atoms with E-state index in [-0.39, 0.29) is 11.8 Å². The number of hydrogen-bond acceptors (Lipinski definition) is 5. The number of aromatic nitrogens is 4. The van der Waals surface area contributed by atoms with E-state index in [0.717, 1.165) is 27.5 Å². The summed E-state index contributed by atoms with van der Waals surface area (Å²) in [4.78, 5) is 14.2. The van der Waals surface area contributed by atoms with Crippen molar-refractivity contribution in [2.75, 3.05) is 0 Å². The standard InChI is InChI=1S/C24H25N5OS/c1-15(2)23-26-27-28-29(23)21-12-19(18-7-5-16(3)6-8-18)11-20(13-21)24(30)25-14-22-17(4)9-10-31-22/h5-13,15H,14H2,1-4H3,(H,25,30). The summed E-state index contributed by atoms with van der Waals surface area (Å²) in [5.41, 5.74) is 5.70. The Morgan fingerprint density at radius 2 is 1.84 bits per heavy atom. The summed E-state index contributed by atoms with van der Waals surface area (Å²) in [6.45, 7) is 8.71. The van der Waals surface area contributed by atoms with E-state index in [9.17, 15) is 4.79 Å². The van der Waals surface area contributed by atoms with Gasteiger partial charge < -0.3 is 5.32 Å². The number of aryl methyl sites for hydroxylation is 2. The van der Waals surface area contributed by atoms with Crippen LogP contribution in [-0.2, 0) is 6.54 Å². The van der Waals surface area contributed by atoms with Crippen LogP contribution in [0.15, 0.2) is 53.9 Å². The Bertz CT molecular complexity index is 1210. The molecule has 1 N–H and O–H groups in total. The third-order valence-corrected chi connectivity index (χ3v) is 6.22. The molecule has 0 unspecified atom stereocenters. The van der Waals surface area contributed by atoms with Crippen LogP contribution in [0.5, 0.6) is 0 Å². The fraction of sp³-hybridized carbons (Fsp3) is 0.250. The first-order valence-corrected chi connectivity index (χ1v) is 11.1. The number of nitrogens with one attached hydrogen (secondary N) is 1. The predicted octanol–water partition coefficient (Wildman–Crippen LogP) is 5.06. The molecule has 0 bridgehead atoms. The minimum absolute atomic E-state index is 0.123. The van der Waals surface area contributed by atoms with E-state index in [4.69, 9.17) is 0 Å². The number of tetrazole rings is 1. The predicted molar refractivity (Wildman–Crippen MR) is 124 cm³/mol. The maximum Gasteiger partial charge on any atom is 0.251 e. The van der Waals surface area contributed by atoms with E-state index >= 15 is 0 Å². The van der Waals surface area contributed by atoms with Gasteiger partial charge in [-0.25, -0.2) is 0 Å². The lowest BCUT2D eigenvalue weighted by molar-refractivity contribution is 0.0951. The summed E-state index contributed by atoms with van der Waals surface area (Å²) in [5.74, 6) is 0.779. The number of carbonyl (C=O) groups is 1. The van der Waals surface area contributed by atoms with Gasteiger partial charge in [-0.3, -0.25) is 4.79 Å². The summed E-state index contributed by atoms with van der Waals surface area (Å²) in [6, 6.07) is 16.1. The molecule has 0 fully saturated rings. The second kappa shape index (κ2) is 8.81. The first-order chi connectivity index (χ1) is 14.9. The van der Waals surface area contributed by atoms with Crippen LogP contribution < -0.4 is 5.32 Å². The van der Waals surface area contributed by atoms with Crippen molar-refractivity contribution in [2.24, 2.45) is 0 Å². The third kappa shape index (κ3) is 4.56. The number of rotatable bonds is 6. The van der Waals surface area contributed by atoms with Crippen molar-refractivity contribution in [3.63, 3.8) is 0 Å². The van der Waals surface area contributed by atoms with E-state index in [0.29, 0.717) is 12.1 Å². The zero-order valence-corrected chi connectivity index (χ0v) is 18.9. The van der Waals surface area contributed by atoms with E-state index in [1.807, 2.05) is 37.4 Å². The van der Waals surface area contributed by atoms with Gasteiger partial charge in [0.15, 0.2) is 5.82 Å². The quantitative estimate of drug-likeness (QED) is 0.463. The largest absolute Gasteiger partial charge is 0.347 e. The molecule has 1 amide bonds. The lowest BCUT2D eigenvalue weighted by Gasteiger charge is -2.13. The number of thiophene rings is 1. The SMILES string of the molecule is Cc1ccc(-c2cc(C(=O)NCc3sccc3C)cc(-n3nnnc3C(C)C)c2)cc1. The fourth-order valence-corrected chi connectivity index (χ4v) is 4.21. The molecule has 0 radical (unpaired) electrons. The van der Waals surface area contributed by atoms with Crippen molar-refractivity contribution in [3.8, 4) is 16.8 Å². The first kappa shape index (κ1) is 20.9. The number of carbonyl (C=O) groups excluding carboxylic acids is 1. The summed E-state index contributed by atoms with van der Waals surface area (Å²) >= 11 is 1.65. The molecule has 0 spiro atoms. The van der Waals surface area contributed by atoms with Crippen molar-refractivity contribution >= 4 is 17.2 Å². The van der Waals surface area contributed by atoms with Gasteiger partial charge in [0.2, 0.25) is 0 Å². The third-order valence-electron chi connectivity index (χ3n) is 5.20. The van der Waals surface area contributed by atoms with Crippen molar-refractivity contribution in [3.05, 3.63) is 81.3 Å². The molecule has 4 rings (SSSR count). The van der Waals surface area contributed by atoms with Gasteiger partial charge in [0, 0.05) is 16.4 Å². The molecule has 0 saturated heterocycles. The molecule has 7 heteroatoms. The van der Waals surface area contributed by atoms with Gasteiger partial charge in [-0.1, -0.05) is 43.7 Å². The van der Waals surface area contributed by atoms with Crippen molar-refractivity contribution in [1.82, 2.24) is 25.5 Å². The van der Waals surface area contributed by atoms with Crippen molar-refractivity contribution in [2.45, 2.75) is 40.2 Å². The van der Waals surface area contributed by atoms with Crippen LogP contribution in [0.2, 0.25) is 0 Å². The van der Waals surface area contributed by atoms with Crippen LogP contribution in [-0.4, -0.2) is 26.1 Å². The number of nitrogens with zero attached hydrogens (tertiary/aromatic N) is 4. The van der Waals surface area contributed by atoms with Gasteiger partial charge in [-0.15, -0.1) is 16.4 Å². The topological polar surface area (TPSA) is 72.7 Å². The number of hydrogen-bond donors (Lipinski definition) is 1. The van der Waals surface area contributed by atoms with Crippen LogP contribution in [0.1, 0.15) is 52.0 Å². The van der Waals surface area contributed by atoms with Crippen molar-refractivity contribution in [1.29, 1.82) is 0 Å². The summed E-state index contributed by atoms with van der Waals surface area (Å²) < 4.78 is 1.71. The van der Waals surface area contributed by atoms with E-state index < -0.39 is 0 Å². The smallest absolute Gasteiger partial charge is 0.251 e. The lowest BCUT2D eigenvalue weighted by Crippen LogP contribution is -2.23. The second-order valence-electron chi connectivity index (χ2n) is 7.95. The highest BCUT2D eigenvalue weighted by Crippen LogP contribution is 2.26. The Labute approximate surface area is 185 Å². The van der Waals surface area contributed by atoms with E-state index in [2.05, 4.69) is 65.0 Å². The monoisotopic (exact) mass is 431 g/mol. The zero-order chi connectivity index (χ0) is 22.0. The molecule has 0 aliphatic carbocycles. The summed E-state index contributed by atoms with van der Waals surface area (Å²) in [5, 5.41) is 17.3. The Balaban J connectivity index is 1.74. The minimum atomic E-state index is -0.123. The molecular weight excluding hydrogens is 406 g/mol. The Kier molecular flexibility index (Phi) is 5.95. The van der Waals surface area contributed by atoms with Crippen LogP contribution in [0.4, 0.5) is 0 Å². The normalized spacial score (nSPS) is 11.1. The van der Waals surface area contributed by atoms with Crippen LogP contribution in [0.3, 0.4) is 0 Å². The highest BCUT2D eigenvalue weighted by molar-refractivity contribution is 7.10. The Morgan fingerprint density at radius 3 is 2.52 bits per heavy atom. The Hall–Kier alpha value is -3.32. The highest BCUT2D eigenvalue weighted by Gasteiger charge is 2.16. The van der Waals surface area contributed by atoms with E-state index in [1.54, 1.807) is 16.0 Å². The van der Waals surface area contributed by atoms with Crippen LogP contribution in [0, 0.1) is 13.8 Å². The zero-order valence-electron chi connectivity index (χ0n) is 18.1. The average Bonchev–Trinajstić information content (AvgIpc) is 3.41. The lowest BCUT2D eigenvalue weighted by atomic mass is 10.0. The van der Waals surface area contributed by atoms with Crippen LogP contribution in [0.25, 0.3) is 16.8 Å². The molecule has 31 heavy (non-hydrogen) atoms. The van der Waals surface area contributed by atoms with Crippen LogP contribution >= 0.6 is 11.3 Å². The average molecular weight is 432 g/mol. The molecule has 6 nitrogen and oxygen atoms in total. The van der Waals surface area contributed by atoms with Gasteiger partial charge in [0.1, 0.15) is 0 Å². The highest BCUT2D eigenvalue weighted by atomic mass is 32.1. The van der Waals surface area contributed by atoms with Gasteiger partial charge in [-0.2, -0.15) is 4.68 Å². The molecular formula is C24H25N5OS. The Morgan fingerprint density at radius 1 is 1.06 bits per heavy atom. The molecule has 0 aliphatic heterocycles. The molecule has 158 valence electrons. The van der Waals surface area contributed by atoms with Gasteiger partial charge in [0.25, 0.3) is 5.91 Å². The summed E-state index contributed by atoms with van der Waals surface area (Å²) in [7, 11) is 0. The molecule has 0 aliphatic rings.